The van der Waals surface area contributed by atoms with Crippen LogP contribution in [0, 0.1) is 0 Å². The summed E-state index contributed by atoms with van der Waals surface area (Å²) in [6.07, 6.45) is 0.0751. The summed E-state index contributed by atoms with van der Waals surface area (Å²) in [7, 11) is 0. The number of benzene rings is 1. The lowest BCUT2D eigenvalue weighted by Crippen LogP contribution is -2.41. The fourth-order valence-corrected chi connectivity index (χ4v) is 2.04. The second kappa shape index (κ2) is 5.01. The SMILES string of the molecule is O=CC(CCC(=O)O)N1C(=O)c2ccccc2C1=O. The maximum Gasteiger partial charge on any atom is 0.303 e. The van der Waals surface area contributed by atoms with Gasteiger partial charge < -0.3 is 9.90 Å². The summed E-state index contributed by atoms with van der Waals surface area (Å²) in [5.41, 5.74) is 0.490. The molecule has 0 spiro atoms. The van der Waals surface area contributed by atoms with E-state index >= 15 is 0 Å². The highest BCUT2D eigenvalue weighted by molar-refractivity contribution is 6.22. The van der Waals surface area contributed by atoms with Crippen molar-refractivity contribution in [1.82, 2.24) is 4.90 Å². The molecule has 1 heterocycles. The molecule has 19 heavy (non-hydrogen) atoms. The van der Waals surface area contributed by atoms with Crippen LogP contribution in [-0.4, -0.2) is 40.1 Å². The number of aliphatic carboxylic acids is 1. The lowest BCUT2D eigenvalue weighted by atomic mass is 10.1. The van der Waals surface area contributed by atoms with Crippen molar-refractivity contribution in [1.29, 1.82) is 0 Å². The Morgan fingerprint density at radius 3 is 2.16 bits per heavy atom. The third-order valence-corrected chi connectivity index (χ3v) is 2.97. The molecule has 0 aliphatic carbocycles. The molecule has 0 aromatic heterocycles. The summed E-state index contributed by atoms with van der Waals surface area (Å²) in [6.45, 7) is 0. The minimum absolute atomic E-state index is 0.0791. The predicted octanol–water partition coefficient (Wildman–Crippen LogP) is 0.715. The maximum absolute atomic E-state index is 12.1. The molecule has 1 aliphatic rings. The Labute approximate surface area is 108 Å². The van der Waals surface area contributed by atoms with E-state index in [4.69, 9.17) is 5.11 Å². The number of carbonyl (C=O) groups excluding carboxylic acids is 3. The van der Waals surface area contributed by atoms with E-state index in [9.17, 15) is 19.2 Å². The molecular weight excluding hydrogens is 250 g/mol. The van der Waals surface area contributed by atoms with Gasteiger partial charge in [-0.05, 0) is 18.6 Å². The summed E-state index contributed by atoms with van der Waals surface area (Å²) < 4.78 is 0. The van der Waals surface area contributed by atoms with Gasteiger partial charge in [-0.15, -0.1) is 0 Å². The van der Waals surface area contributed by atoms with Crippen molar-refractivity contribution in [3.63, 3.8) is 0 Å². The van der Waals surface area contributed by atoms with Crippen molar-refractivity contribution >= 4 is 24.1 Å². The molecule has 1 atom stereocenters. The van der Waals surface area contributed by atoms with Crippen molar-refractivity contribution < 1.29 is 24.3 Å². The Morgan fingerprint density at radius 1 is 1.21 bits per heavy atom. The first-order chi connectivity index (χ1) is 9.06. The lowest BCUT2D eigenvalue weighted by Gasteiger charge is -2.20. The molecule has 0 saturated heterocycles. The van der Waals surface area contributed by atoms with Gasteiger partial charge in [-0.2, -0.15) is 0 Å². The fourth-order valence-electron chi connectivity index (χ4n) is 2.04. The zero-order chi connectivity index (χ0) is 14.0. The zero-order valence-corrected chi connectivity index (χ0v) is 9.91. The van der Waals surface area contributed by atoms with E-state index in [1.807, 2.05) is 0 Å². The number of nitrogens with zero attached hydrogens (tertiary/aromatic N) is 1. The summed E-state index contributed by atoms with van der Waals surface area (Å²) >= 11 is 0. The van der Waals surface area contributed by atoms with Gasteiger partial charge in [-0.3, -0.25) is 19.3 Å². The van der Waals surface area contributed by atoms with Gasteiger partial charge in [0.1, 0.15) is 6.29 Å². The van der Waals surface area contributed by atoms with Gasteiger partial charge in [0.2, 0.25) is 0 Å². The van der Waals surface area contributed by atoms with Gasteiger partial charge in [0, 0.05) is 6.42 Å². The maximum atomic E-state index is 12.1. The highest BCUT2D eigenvalue weighted by Crippen LogP contribution is 2.25. The smallest absolute Gasteiger partial charge is 0.303 e. The van der Waals surface area contributed by atoms with E-state index in [-0.39, 0.29) is 24.0 Å². The molecular formula is C13H11NO5. The highest BCUT2D eigenvalue weighted by Gasteiger charge is 2.39. The lowest BCUT2D eigenvalue weighted by molar-refractivity contribution is -0.137. The van der Waals surface area contributed by atoms with Gasteiger partial charge in [0.25, 0.3) is 11.8 Å². The Kier molecular flexibility index (Phi) is 3.41. The molecule has 1 N–H and O–H groups in total. The number of amides is 2. The number of rotatable bonds is 5. The van der Waals surface area contributed by atoms with E-state index in [2.05, 4.69) is 0 Å². The van der Waals surface area contributed by atoms with E-state index in [1.54, 1.807) is 12.1 Å². The van der Waals surface area contributed by atoms with Crippen LogP contribution in [0.4, 0.5) is 0 Å². The molecule has 6 nitrogen and oxygen atoms in total. The number of carboxylic acid groups (broad SMARTS) is 1. The number of aldehydes is 1. The van der Waals surface area contributed by atoms with Gasteiger partial charge >= 0.3 is 5.97 Å². The molecule has 6 heteroatoms. The van der Waals surface area contributed by atoms with Gasteiger partial charge in [-0.25, -0.2) is 0 Å². The van der Waals surface area contributed by atoms with E-state index in [1.165, 1.54) is 12.1 Å². The number of hydrogen-bond donors (Lipinski definition) is 1. The Hall–Kier alpha value is -2.50. The van der Waals surface area contributed by atoms with Crippen LogP contribution < -0.4 is 0 Å². The number of fused-ring (bicyclic) bond motifs is 1. The number of imide groups is 1. The normalized spacial score (nSPS) is 15.3. The monoisotopic (exact) mass is 261 g/mol. The van der Waals surface area contributed by atoms with Gasteiger partial charge in [-0.1, -0.05) is 12.1 Å². The quantitative estimate of drug-likeness (QED) is 0.622. The second-order valence-corrected chi connectivity index (χ2v) is 4.16. The first kappa shape index (κ1) is 12.9. The van der Waals surface area contributed by atoms with Crippen molar-refractivity contribution in [3.05, 3.63) is 35.4 Å². The summed E-state index contributed by atoms with van der Waals surface area (Å²) in [5, 5.41) is 8.60. The third kappa shape index (κ3) is 2.24. The Bertz CT molecular complexity index is 531. The van der Waals surface area contributed by atoms with Crippen LogP contribution in [0.25, 0.3) is 0 Å². The molecule has 0 bridgehead atoms. The Morgan fingerprint density at radius 2 is 1.74 bits per heavy atom. The van der Waals surface area contributed by atoms with E-state index in [0.29, 0.717) is 6.29 Å². The van der Waals surface area contributed by atoms with Crippen molar-refractivity contribution in [3.8, 4) is 0 Å². The molecule has 1 unspecified atom stereocenters. The zero-order valence-electron chi connectivity index (χ0n) is 9.91. The van der Waals surface area contributed by atoms with Crippen molar-refractivity contribution in [2.45, 2.75) is 18.9 Å². The molecule has 1 aromatic rings. The average Bonchev–Trinajstić information content (AvgIpc) is 2.65. The van der Waals surface area contributed by atoms with Crippen LogP contribution >= 0.6 is 0 Å². The molecule has 98 valence electrons. The summed E-state index contributed by atoms with van der Waals surface area (Å²) in [4.78, 5) is 46.5. The molecule has 1 aliphatic heterocycles. The fraction of sp³-hybridized carbons (Fsp3) is 0.231. The predicted molar refractivity (Wildman–Crippen MR) is 63.7 cm³/mol. The minimum atomic E-state index is -1.08. The number of hydrogen-bond acceptors (Lipinski definition) is 4. The average molecular weight is 261 g/mol. The van der Waals surface area contributed by atoms with Crippen LogP contribution in [0.15, 0.2) is 24.3 Å². The van der Waals surface area contributed by atoms with Crippen LogP contribution in [-0.2, 0) is 9.59 Å². The number of carbonyl (C=O) groups is 4. The Balaban J connectivity index is 2.27. The third-order valence-electron chi connectivity index (χ3n) is 2.97. The van der Waals surface area contributed by atoms with Crippen LogP contribution in [0.2, 0.25) is 0 Å². The molecule has 2 amide bonds. The van der Waals surface area contributed by atoms with Crippen LogP contribution in [0.5, 0.6) is 0 Å². The minimum Gasteiger partial charge on any atom is -0.481 e. The first-order valence-electron chi connectivity index (χ1n) is 5.70. The number of carboxylic acids is 1. The largest absolute Gasteiger partial charge is 0.481 e. The van der Waals surface area contributed by atoms with Crippen molar-refractivity contribution in [2.75, 3.05) is 0 Å². The van der Waals surface area contributed by atoms with E-state index < -0.39 is 23.8 Å². The molecule has 0 radical (unpaired) electrons. The van der Waals surface area contributed by atoms with Gasteiger partial charge in [0.15, 0.2) is 0 Å². The van der Waals surface area contributed by atoms with Crippen LogP contribution in [0.3, 0.4) is 0 Å². The van der Waals surface area contributed by atoms with Crippen LogP contribution in [0.1, 0.15) is 33.6 Å². The molecule has 0 fully saturated rings. The van der Waals surface area contributed by atoms with E-state index in [0.717, 1.165) is 4.90 Å². The molecule has 0 saturated carbocycles. The second-order valence-electron chi connectivity index (χ2n) is 4.16. The highest BCUT2D eigenvalue weighted by atomic mass is 16.4. The molecule has 2 rings (SSSR count). The summed E-state index contributed by atoms with van der Waals surface area (Å²) in [6, 6.07) is 5.23. The molecule has 1 aromatic carbocycles. The van der Waals surface area contributed by atoms with Gasteiger partial charge in [0.05, 0.1) is 17.2 Å². The topological polar surface area (TPSA) is 91.8 Å². The first-order valence-corrected chi connectivity index (χ1v) is 5.70. The standard InChI is InChI=1S/C13H11NO5/c15-7-8(5-6-11(16)17)14-12(18)9-3-1-2-4-10(9)13(14)19/h1-4,7-8H,5-6H2,(H,16,17). The summed E-state index contributed by atoms with van der Waals surface area (Å²) in [5.74, 6) is -2.19. The van der Waals surface area contributed by atoms with Crippen molar-refractivity contribution in [2.24, 2.45) is 0 Å².